The van der Waals surface area contributed by atoms with Gasteiger partial charge in [-0.3, -0.25) is 10.1 Å². The number of hydrogen-bond donors (Lipinski definition) is 2. The van der Waals surface area contributed by atoms with Crippen LogP contribution in [0.5, 0.6) is 5.75 Å². The van der Waals surface area contributed by atoms with Gasteiger partial charge in [0, 0.05) is 23.2 Å². The summed E-state index contributed by atoms with van der Waals surface area (Å²) in [6.45, 7) is 8.73. The number of fused-ring (bicyclic) bond motifs is 1. The molecule has 2 aromatic heterocycles. The monoisotopic (exact) mass is 494 g/mol. The molecule has 2 N–H and O–H groups in total. The number of carbonyl (C=O) groups excluding carboxylic acids is 1. The summed E-state index contributed by atoms with van der Waals surface area (Å²) in [6, 6.07) is 13.0. The second kappa shape index (κ2) is 10.3. The molecule has 2 aromatic carbocycles. The number of amides is 1. The predicted molar refractivity (Wildman–Crippen MR) is 139 cm³/mol. The number of rotatable bonds is 7. The normalized spacial score (nSPS) is 11.1. The van der Waals surface area contributed by atoms with E-state index in [0.717, 1.165) is 39.0 Å². The molecule has 0 atom stereocenters. The van der Waals surface area contributed by atoms with Crippen molar-refractivity contribution in [2.75, 3.05) is 11.9 Å². The average molecular weight is 495 g/mol. The van der Waals surface area contributed by atoms with E-state index < -0.39 is 0 Å². The molecule has 0 bridgehead atoms. The molecule has 34 heavy (non-hydrogen) atoms. The van der Waals surface area contributed by atoms with Crippen LogP contribution in [0.2, 0.25) is 0 Å². The Hall–Kier alpha value is -3.37. The molecule has 0 aliphatic heterocycles. The molecule has 0 saturated heterocycles. The van der Waals surface area contributed by atoms with Crippen LogP contribution in [0.1, 0.15) is 42.5 Å². The van der Waals surface area contributed by atoms with Crippen LogP contribution >= 0.6 is 23.6 Å². The Morgan fingerprint density at radius 1 is 1.21 bits per heavy atom. The zero-order valence-corrected chi connectivity index (χ0v) is 21.1. The first-order valence-electron chi connectivity index (χ1n) is 11.0. The third-order valence-corrected chi connectivity index (χ3v) is 6.16. The second-order valence-corrected chi connectivity index (χ2v) is 9.61. The van der Waals surface area contributed by atoms with Gasteiger partial charge in [0.2, 0.25) is 4.96 Å². The number of aromatic nitrogens is 4. The van der Waals surface area contributed by atoms with Crippen LogP contribution in [0.3, 0.4) is 0 Å². The minimum atomic E-state index is -0.304. The maximum atomic E-state index is 12.7. The number of benzene rings is 2. The van der Waals surface area contributed by atoms with E-state index in [-0.39, 0.29) is 11.0 Å². The molecule has 10 heteroatoms. The van der Waals surface area contributed by atoms with Crippen LogP contribution in [-0.4, -0.2) is 37.4 Å². The Labute approximate surface area is 207 Å². The van der Waals surface area contributed by atoms with Crippen LogP contribution in [-0.2, 0) is 6.42 Å². The highest BCUT2D eigenvalue weighted by molar-refractivity contribution is 7.80. The van der Waals surface area contributed by atoms with Crippen LogP contribution in [0, 0.1) is 12.8 Å². The molecular weight excluding hydrogens is 468 g/mol. The van der Waals surface area contributed by atoms with E-state index >= 15 is 0 Å². The van der Waals surface area contributed by atoms with E-state index in [9.17, 15) is 4.79 Å². The molecule has 0 spiro atoms. The van der Waals surface area contributed by atoms with Gasteiger partial charge in [0.05, 0.1) is 6.61 Å². The molecule has 0 fully saturated rings. The van der Waals surface area contributed by atoms with Crippen molar-refractivity contribution < 1.29 is 9.53 Å². The van der Waals surface area contributed by atoms with E-state index in [1.165, 1.54) is 11.3 Å². The molecule has 0 aliphatic rings. The van der Waals surface area contributed by atoms with Crippen molar-refractivity contribution in [1.82, 2.24) is 25.1 Å². The highest BCUT2D eigenvalue weighted by atomic mass is 32.1. The lowest BCUT2D eigenvalue weighted by Gasteiger charge is -2.13. The standard InChI is InChI=1S/C24H26N6O2S2/c1-5-20-27-28-24-30(20)29-22(34-24)17-10-9-15(4)19(12-17)25-23(33)26-21(31)16-7-6-8-18(11-16)32-13-14(2)3/h6-12,14H,5,13H2,1-4H3,(H2,25,26,31,33). The number of aryl methyl sites for hydroxylation is 2. The highest BCUT2D eigenvalue weighted by Gasteiger charge is 2.14. The minimum Gasteiger partial charge on any atom is -0.493 e. The third-order valence-electron chi connectivity index (χ3n) is 5.01. The number of carbonyl (C=O) groups is 1. The maximum Gasteiger partial charge on any atom is 0.257 e. The van der Waals surface area contributed by atoms with Crippen molar-refractivity contribution in [3.8, 4) is 16.3 Å². The van der Waals surface area contributed by atoms with Gasteiger partial charge in [-0.2, -0.15) is 9.61 Å². The van der Waals surface area contributed by atoms with E-state index in [0.29, 0.717) is 23.8 Å². The molecule has 0 unspecified atom stereocenters. The average Bonchev–Trinajstić information content (AvgIpc) is 3.40. The summed E-state index contributed by atoms with van der Waals surface area (Å²) < 4.78 is 7.49. The minimum absolute atomic E-state index is 0.213. The SMILES string of the molecule is CCc1nnc2sc(-c3ccc(C)c(NC(=S)NC(=O)c4cccc(OCC(C)C)c4)c3)nn12. The summed E-state index contributed by atoms with van der Waals surface area (Å²) >= 11 is 6.88. The van der Waals surface area contributed by atoms with Gasteiger partial charge in [-0.1, -0.05) is 50.3 Å². The van der Waals surface area contributed by atoms with Crippen molar-refractivity contribution in [2.45, 2.75) is 34.1 Å². The zero-order chi connectivity index (χ0) is 24.2. The van der Waals surface area contributed by atoms with Gasteiger partial charge in [0.25, 0.3) is 5.91 Å². The molecule has 4 aromatic rings. The number of nitrogens with one attached hydrogen (secondary N) is 2. The lowest BCUT2D eigenvalue weighted by Crippen LogP contribution is -2.34. The third kappa shape index (κ3) is 5.40. The van der Waals surface area contributed by atoms with Gasteiger partial charge >= 0.3 is 0 Å². The van der Waals surface area contributed by atoms with Gasteiger partial charge in [0.1, 0.15) is 10.8 Å². The van der Waals surface area contributed by atoms with Crippen molar-refractivity contribution in [3.63, 3.8) is 0 Å². The molecule has 176 valence electrons. The van der Waals surface area contributed by atoms with Gasteiger partial charge < -0.3 is 10.1 Å². The number of nitrogens with zero attached hydrogens (tertiary/aromatic N) is 4. The summed E-state index contributed by atoms with van der Waals surface area (Å²) in [5.41, 5.74) is 3.18. The summed E-state index contributed by atoms with van der Waals surface area (Å²) in [6.07, 6.45) is 0.756. The number of ether oxygens (including phenoxy) is 1. The van der Waals surface area contributed by atoms with Gasteiger partial charge in [-0.15, -0.1) is 10.2 Å². The fourth-order valence-electron chi connectivity index (χ4n) is 3.20. The predicted octanol–water partition coefficient (Wildman–Crippen LogP) is 4.89. The number of anilines is 1. The Kier molecular flexibility index (Phi) is 7.18. The number of thiocarbonyl (C=S) groups is 1. The van der Waals surface area contributed by atoms with Crippen molar-refractivity contribution in [2.24, 2.45) is 5.92 Å². The van der Waals surface area contributed by atoms with Gasteiger partial charge in [-0.25, -0.2) is 0 Å². The Morgan fingerprint density at radius 3 is 2.79 bits per heavy atom. The highest BCUT2D eigenvalue weighted by Crippen LogP contribution is 2.29. The summed E-state index contributed by atoms with van der Waals surface area (Å²) in [7, 11) is 0. The first kappa shape index (κ1) is 23.8. The van der Waals surface area contributed by atoms with E-state index in [2.05, 4.69) is 39.8 Å². The first-order chi connectivity index (χ1) is 16.3. The molecular formula is C24H26N6O2S2. The molecule has 0 saturated carbocycles. The molecule has 4 rings (SSSR count). The lowest BCUT2D eigenvalue weighted by atomic mass is 10.1. The topological polar surface area (TPSA) is 93.4 Å². The maximum absolute atomic E-state index is 12.7. The largest absolute Gasteiger partial charge is 0.493 e. The fourth-order valence-corrected chi connectivity index (χ4v) is 4.26. The van der Waals surface area contributed by atoms with Crippen molar-refractivity contribution in [1.29, 1.82) is 0 Å². The van der Waals surface area contributed by atoms with Gasteiger partial charge in [-0.05, 0) is 54.9 Å². The quantitative estimate of drug-likeness (QED) is 0.354. The Bertz CT molecular complexity index is 1340. The molecule has 2 heterocycles. The molecule has 0 radical (unpaired) electrons. The summed E-state index contributed by atoms with van der Waals surface area (Å²) in [5, 5.41) is 19.9. The van der Waals surface area contributed by atoms with E-state index in [1.54, 1.807) is 22.7 Å². The van der Waals surface area contributed by atoms with Gasteiger partial charge in [0.15, 0.2) is 10.9 Å². The Morgan fingerprint density at radius 2 is 2.03 bits per heavy atom. The summed E-state index contributed by atoms with van der Waals surface area (Å²) in [4.78, 5) is 13.5. The fraction of sp³-hybridized carbons (Fsp3) is 0.292. The van der Waals surface area contributed by atoms with Crippen molar-refractivity contribution in [3.05, 3.63) is 59.4 Å². The molecule has 1 amide bonds. The summed E-state index contributed by atoms with van der Waals surface area (Å²) in [5.74, 6) is 1.57. The smallest absolute Gasteiger partial charge is 0.257 e. The van der Waals surface area contributed by atoms with Crippen molar-refractivity contribution >= 4 is 45.2 Å². The van der Waals surface area contributed by atoms with Crippen LogP contribution < -0.4 is 15.4 Å². The molecule has 8 nitrogen and oxygen atoms in total. The van der Waals surface area contributed by atoms with Crippen LogP contribution in [0.25, 0.3) is 15.5 Å². The lowest BCUT2D eigenvalue weighted by molar-refractivity contribution is 0.0977. The van der Waals surface area contributed by atoms with Crippen LogP contribution in [0.4, 0.5) is 5.69 Å². The second-order valence-electron chi connectivity index (χ2n) is 8.24. The number of hydrogen-bond acceptors (Lipinski definition) is 7. The van der Waals surface area contributed by atoms with E-state index in [4.69, 9.17) is 17.0 Å². The van der Waals surface area contributed by atoms with E-state index in [1.807, 2.05) is 38.1 Å². The zero-order valence-electron chi connectivity index (χ0n) is 19.5. The first-order valence-corrected chi connectivity index (χ1v) is 12.2. The Balaban J connectivity index is 1.46. The molecule has 0 aliphatic carbocycles. The van der Waals surface area contributed by atoms with Crippen LogP contribution in [0.15, 0.2) is 42.5 Å².